The zero-order chi connectivity index (χ0) is 19.8. The Kier molecular flexibility index (Phi) is 5.37. The molecule has 4 rings (SSSR count). The van der Waals surface area contributed by atoms with Gasteiger partial charge in [-0.05, 0) is 43.2 Å². The smallest absolute Gasteiger partial charge is 0.161 e. The van der Waals surface area contributed by atoms with Crippen LogP contribution in [0.15, 0.2) is 18.3 Å². The fraction of sp³-hybridized carbons (Fsp3) is 0.421. The number of hydrogen-bond acceptors (Lipinski definition) is 5. The van der Waals surface area contributed by atoms with Gasteiger partial charge >= 0.3 is 0 Å². The third-order valence-electron chi connectivity index (χ3n) is 5.46. The van der Waals surface area contributed by atoms with Crippen LogP contribution in [0, 0.1) is 23.9 Å². The first-order chi connectivity index (χ1) is 13.4. The monoisotopic (exact) mass is 410 g/mol. The van der Waals surface area contributed by atoms with Crippen molar-refractivity contribution >= 4 is 10.7 Å². The minimum Gasteiger partial charge on any atom is -0.290 e. The van der Waals surface area contributed by atoms with Gasteiger partial charge < -0.3 is 0 Å². The molecule has 149 valence electrons. The number of thiol groups is 1. The maximum Gasteiger partial charge on any atom is 0.161 e. The molecule has 2 unspecified atom stereocenters. The summed E-state index contributed by atoms with van der Waals surface area (Å²) in [7, 11) is -2.57. The lowest BCUT2D eigenvalue weighted by molar-refractivity contribution is 0.166. The van der Waals surface area contributed by atoms with Crippen LogP contribution in [-0.2, 0) is 29.5 Å². The van der Waals surface area contributed by atoms with E-state index in [2.05, 4.69) is 14.9 Å². The summed E-state index contributed by atoms with van der Waals surface area (Å²) in [4.78, 5) is 10.7. The van der Waals surface area contributed by atoms with Crippen molar-refractivity contribution < 1.29 is 21.6 Å². The van der Waals surface area contributed by atoms with Crippen LogP contribution in [0.1, 0.15) is 47.8 Å². The molecular formula is C19H19F3N3O2S. The van der Waals surface area contributed by atoms with E-state index < -0.39 is 28.2 Å². The molecule has 1 aliphatic heterocycles. The second-order valence-electron chi connectivity index (χ2n) is 7.25. The van der Waals surface area contributed by atoms with Crippen LogP contribution in [0.5, 0.6) is 0 Å². The highest BCUT2D eigenvalue weighted by atomic mass is 32.2. The number of aromatic nitrogens is 2. The van der Waals surface area contributed by atoms with Gasteiger partial charge in [-0.2, -0.15) is 0 Å². The van der Waals surface area contributed by atoms with E-state index in [1.165, 1.54) is 0 Å². The van der Waals surface area contributed by atoms with Gasteiger partial charge in [-0.25, -0.2) is 31.6 Å². The fourth-order valence-corrected chi connectivity index (χ4v) is 4.42. The molecule has 28 heavy (non-hydrogen) atoms. The highest BCUT2D eigenvalue weighted by molar-refractivity contribution is 7.71. The third-order valence-corrected chi connectivity index (χ3v) is 6.00. The summed E-state index contributed by atoms with van der Waals surface area (Å²) in [5.74, 6) is -3.02. The highest BCUT2D eigenvalue weighted by Gasteiger charge is 2.32. The lowest BCUT2D eigenvalue weighted by atomic mass is 9.81. The Labute approximate surface area is 162 Å². The van der Waals surface area contributed by atoms with Gasteiger partial charge in [-0.15, -0.1) is 0 Å². The normalized spacial score (nSPS) is 22.6. The molecule has 2 aromatic rings. The Hall–Kier alpha value is -2.00. The standard InChI is InChI=1S/C19H19F3N3O2S/c20-15-6-17(22)16(21)5-14(15)11-1-3-13(4-2-11)25-8-12-7-23-19(10-28(26)27)24-18(12)9-25/h1,5-7,11,13,28H,2-4,8-10H2. The van der Waals surface area contributed by atoms with Crippen molar-refractivity contribution in [3.63, 3.8) is 0 Å². The molecular weight excluding hydrogens is 391 g/mol. The number of halogens is 3. The van der Waals surface area contributed by atoms with E-state index in [0.29, 0.717) is 37.8 Å². The topological polar surface area (TPSA) is 63.2 Å². The van der Waals surface area contributed by atoms with Crippen molar-refractivity contribution in [3.8, 4) is 0 Å². The average Bonchev–Trinajstić information content (AvgIpc) is 3.08. The van der Waals surface area contributed by atoms with Crippen LogP contribution in [0.2, 0.25) is 0 Å². The van der Waals surface area contributed by atoms with E-state index in [9.17, 15) is 21.6 Å². The van der Waals surface area contributed by atoms with E-state index in [0.717, 1.165) is 23.7 Å². The van der Waals surface area contributed by atoms with Crippen LogP contribution in [-0.4, -0.2) is 29.3 Å². The number of nitrogens with zero attached hydrogens (tertiary/aromatic N) is 3. The molecule has 2 atom stereocenters. The summed E-state index contributed by atoms with van der Waals surface area (Å²) in [5, 5.41) is 0. The van der Waals surface area contributed by atoms with Crippen molar-refractivity contribution in [1.29, 1.82) is 0 Å². The second kappa shape index (κ2) is 7.79. The number of hydrogen-bond donors (Lipinski definition) is 1. The van der Waals surface area contributed by atoms with Gasteiger partial charge in [0.05, 0.1) is 5.69 Å². The lowest BCUT2D eigenvalue weighted by Gasteiger charge is -2.34. The largest absolute Gasteiger partial charge is 0.290 e. The minimum absolute atomic E-state index is 0.165. The zero-order valence-corrected chi connectivity index (χ0v) is 15.8. The summed E-state index contributed by atoms with van der Waals surface area (Å²) in [6, 6.07) is 1.79. The number of rotatable bonds is 4. The maximum atomic E-state index is 14.0. The molecule has 9 heteroatoms. The van der Waals surface area contributed by atoms with Gasteiger partial charge in [-0.3, -0.25) is 4.90 Å². The summed E-state index contributed by atoms with van der Waals surface area (Å²) >= 11 is 0. The molecule has 1 saturated carbocycles. The summed E-state index contributed by atoms with van der Waals surface area (Å²) in [6.45, 7) is 1.30. The molecule has 1 aliphatic carbocycles. The van der Waals surface area contributed by atoms with Crippen molar-refractivity contribution in [2.45, 2.75) is 50.1 Å². The molecule has 0 spiro atoms. The minimum atomic E-state index is -2.57. The molecule has 1 aromatic heterocycles. The van der Waals surface area contributed by atoms with Gasteiger partial charge in [0, 0.05) is 37.0 Å². The first-order valence-corrected chi connectivity index (χ1v) is 10.4. The molecule has 1 aromatic carbocycles. The summed E-state index contributed by atoms with van der Waals surface area (Å²) in [6.07, 6.45) is 5.78. The molecule has 0 saturated heterocycles. The molecule has 1 fully saturated rings. The number of fused-ring (bicyclic) bond motifs is 1. The van der Waals surface area contributed by atoms with E-state index in [1.54, 1.807) is 6.20 Å². The zero-order valence-electron chi connectivity index (χ0n) is 14.9. The molecule has 0 bridgehead atoms. The Morgan fingerprint density at radius 1 is 1.07 bits per heavy atom. The van der Waals surface area contributed by atoms with Crippen molar-refractivity contribution in [2.24, 2.45) is 0 Å². The van der Waals surface area contributed by atoms with Crippen molar-refractivity contribution in [3.05, 3.63) is 64.8 Å². The van der Waals surface area contributed by atoms with Gasteiger partial charge in [0.2, 0.25) is 0 Å². The van der Waals surface area contributed by atoms with Crippen LogP contribution < -0.4 is 0 Å². The van der Waals surface area contributed by atoms with E-state index in [4.69, 9.17) is 0 Å². The fourth-order valence-electron chi connectivity index (χ4n) is 4.03. The molecule has 2 heterocycles. The Morgan fingerprint density at radius 3 is 2.57 bits per heavy atom. The van der Waals surface area contributed by atoms with Gasteiger partial charge in [0.1, 0.15) is 28.1 Å². The molecule has 0 N–H and O–H groups in total. The number of benzene rings is 1. The lowest BCUT2D eigenvalue weighted by Crippen LogP contribution is -2.34. The predicted octanol–water partition coefficient (Wildman–Crippen LogP) is 2.86. The Bertz CT molecular complexity index is 967. The van der Waals surface area contributed by atoms with E-state index in [1.807, 2.05) is 6.42 Å². The van der Waals surface area contributed by atoms with Crippen LogP contribution >= 0.6 is 0 Å². The second-order valence-corrected chi connectivity index (χ2v) is 8.23. The maximum absolute atomic E-state index is 14.0. The van der Waals surface area contributed by atoms with Crippen LogP contribution in [0.3, 0.4) is 0 Å². The highest BCUT2D eigenvalue weighted by Crippen LogP contribution is 2.37. The molecule has 1 radical (unpaired) electrons. The van der Waals surface area contributed by atoms with Crippen LogP contribution in [0.4, 0.5) is 13.2 Å². The van der Waals surface area contributed by atoms with Gasteiger partial charge in [0.15, 0.2) is 11.6 Å². The molecule has 0 amide bonds. The Balaban J connectivity index is 1.40. The third kappa shape index (κ3) is 3.91. The predicted molar refractivity (Wildman–Crippen MR) is 96.3 cm³/mol. The molecule has 2 aliphatic rings. The van der Waals surface area contributed by atoms with E-state index >= 15 is 0 Å². The van der Waals surface area contributed by atoms with Crippen molar-refractivity contribution in [2.75, 3.05) is 0 Å². The molecule has 5 nitrogen and oxygen atoms in total. The quantitative estimate of drug-likeness (QED) is 0.620. The summed E-state index contributed by atoms with van der Waals surface area (Å²) < 4.78 is 62.4. The average molecular weight is 410 g/mol. The van der Waals surface area contributed by atoms with Crippen molar-refractivity contribution in [1.82, 2.24) is 14.9 Å². The van der Waals surface area contributed by atoms with Gasteiger partial charge in [-0.1, -0.05) is 0 Å². The first-order valence-electron chi connectivity index (χ1n) is 9.08. The first kappa shape index (κ1) is 19.3. The van der Waals surface area contributed by atoms with Gasteiger partial charge in [0.25, 0.3) is 0 Å². The SMILES string of the molecule is O=[SH](=O)Cc1ncc2c(n1)CN(C1C[CH]C(c3cc(F)c(F)cc3F)CC1)C2. The van der Waals surface area contributed by atoms with Crippen LogP contribution in [0.25, 0.3) is 0 Å². The van der Waals surface area contributed by atoms with E-state index in [-0.39, 0.29) is 23.3 Å². The Morgan fingerprint density at radius 2 is 1.86 bits per heavy atom. The summed E-state index contributed by atoms with van der Waals surface area (Å²) in [5.41, 5.74) is 2.03.